The first-order chi connectivity index (χ1) is 8.76. The Hall–Kier alpha value is -1.68. The van der Waals surface area contributed by atoms with Crippen molar-refractivity contribution in [3.05, 3.63) is 41.6 Å². The van der Waals surface area contributed by atoms with Crippen LogP contribution < -0.4 is 5.73 Å². The monoisotopic (exact) mass is 244 g/mol. The maximum absolute atomic E-state index is 5.56. The van der Waals surface area contributed by atoms with Crippen molar-refractivity contribution in [2.45, 2.75) is 33.1 Å². The number of pyridine rings is 1. The number of rotatable bonds is 5. The fourth-order valence-electron chi connectivity index (χ4n) is 2.12. The number of nitrogens with two attached hydrogens (primary N) is 1. The summed E-state index contributed by atoms with van der Waals surface area (Å²) in [4.78, 5) is 8.93. The highest BCUT2D eigenvalue weighted by Crippen LogP contribution is 2.15. The van der Waals surface area contributed by atoms with Crippen molar-refractivity contribution >= 4 is 0 Å². The molecular weight excluding hydrogens is 224 g/mol. The Labute approximate surface area is 108 Å². The summed E-state index contributed by atoms with van der Waals surface area (Å²) in [5, 5.41) is 0. The summed E-state index contributed by atoms with van der Waals surface area (Å²) >= 11 is 0. The van der Waals surface area contributed by atoms with E-state index in [4.69, 9.17) is 5.73 Å². The molecule has 0 spiro atoms. The number of imidazole rings is 1. The molecule has 2 N–H and O–H groups in total. The maximum Gasteiger partial charge on any atom is 0.140 e. The fourth-order valence-corrected chi connectivity index (χ4v) is 2.12. The molecule has 2 heterocycles. The molecule has 96 valence electrons. The average Bonchev–Trinajstić information content (AvgIpc) is 2.78. The van der Waals surface area contributed by atoms with E-state index in [1.54, 1.807) is 0 Å². The van der Waals surface area contributed by atoms with E-state index < -0.39 is 0 Å². The Balaban J connectivity index is 2.35. The van der Waals surface area contributed by atoms with Gasteiger partial charge in [0.15, 0.2) is 0 Å². The molecular formula is C14H20N4. The topological polar surface area (TPSA) is 56.7 Å². The van der Waals surface area contributed by atoms with Crippen molar-refractivity contribution < 1.29 is 0 Å². The highest BCUT2D eigenvalue weighted by molar-refractivity contribution is 5.36. The second kappa shape index (κ2) is 5.78. The highest BCUT2D eigenvalue weighted by Gasteiger charge is 2.08. The quantitative estimate of drug-likeness (QED) is 0.875. The Kier molecular flexibility index (Phi) is 4.10. The number of hydrogen-bond donors (Lipinski definition) is 1. The zero-order valence-electron chi connectivity index (χ0n) is 11.1. The van der Waals surface area contributed by atoms with Crippen LogP contribution in [0.25, 0.3) is 5.82 Å². The van der Waals surface area contributed by atoms with Crippen LogP contribution in [0.2, 0.25) is 0 Å². The molecule has 4 heteroatoms. The Morgan fingerprint density at radius 1 is 1.28 bits per heavy atom. The summed E-state index contributed by atoms with van der Waals surface area (Å²) in [7, 11) is 0. The molecule has 0 aliphatic rings. The minimum absolute atomic E-state index is 0.659. The molecule has 0 aliphatic heterocycles. The van der Waals surface area contributed by atoms with Gasteiger partial charge < -0.3 is 5.73 Å². The van der Waals surface area contributed by atoms with Gasteiger partial charge in [0.2, 0.25) is 0 Å². The lowest BCUT2D eigenvalue weighted by molar-refractivity contribution is 0.793. The van der Waals surface area contributed by atoms with Crippen molar-refractivity contribution in [2.24, 2.45) is 5.73 Å². The molecule has 2 aromatic heterocycles. The van der Waals surface area contributed by atoms with E-state index in [1.807, 2.05) is 18.6 Å². The van der Waals surface area contributed by atoms with Crippen LogP contribution in [0.15, 0.2) is 24.7 Å². The molecule has 18 heavy (non-hydrogen) atoms. The van der Waals surface area contributed by atoms with Crippen LogP contribution in [0, 0.1) is 6.92 Å². The molecule has 4 nitrogen and oxygen atoms in total. The minimum atomic E-state index is 0.659. The molecule has 0 bridgehead atoms. The minimum Gasteiger partial charge on any atom is -0.330 e. The molecule has 0 fully saturated rings. The van der Waals surface area contributed by atoms with Gasteiger partial charge in [-0.15, -0.1) is 0 Å². The van der Waals surface area contributed by atoms with E-state index in [1.165, 1.54) is 5.56 Å². The largest absolute Gasteiger partial charge is 0.330 e. The van der Waals surface area contributed by atoms with Crippen LogP contribution >= 0.6 is 0 Å². The highest BCUT2D eigenvalue weighted by atomic mass is 15.1. The molecule has 2 rings (SSSR count). The first-order valence-corrected chi connectivity index (χ1v) is 6.44. The maximum atomic E-state index is 5.56. The average molecular weight is 244 g/mol. The first kappa shape index (κ1) is 12.8. The van der Waals surface area contributed by atoms with Crippen LogP contribution in [0.3, 0.4) is 0 Å². The molecule has 2 aromatic rings. The summed E-state index contributed by atoms with van der Waals surface area (Å²) in [6.45, 7) is 4.90. The zero-order chi connectivity index (χ0) is 13.0. The Morgan fingerprint density at radius 3 is 2.78 bits per heavy atom. The number of aryl methyl sites for hydroxylation is 2. The third-order valence-electron chi connectivity index (χ3n) is 2.96. The fraction of sp³-hybridized carbons (Fsp3) is 0.429. The van der Waals surface area contributed by atoms with E-state index in [9.17, 15) is 0 Å². The summed E-state index contributed by atoms with van der Waals surface area (Å²) < 4.78 is 2.07. The molecule has 0 atom stereocenters. The van der Waals surface area contributed by atoms with Crippen LogP contribution in [-0.2, 0) is 12.8 Å². The lowest BCUT2D eigenvalue weighted by Gasteiger charge is -2.10. The van der Waals surface area contributed by atoms with Gasteiger partial charge in [-0.1, -0.05) is 13.0 Å². The van der Waals surface area contributed by atoms with Gasteiger partial charge in [-0.05, 0) is 37.4 Å². The van der Waals surface area contributed by atoms with E-state index in [0.29, 0.717) is 6.54 Å². The van der Waals surface area contributed by atoms with Crippen LogP contribution in [0.1, 0.15) is 30.3 Å². The van der Waals surface area contributed by atoms with E-state index >= 15 is 0 Å². The van der Waals surface area contributed by atoms with Gasteiger partial charge >= 0.3 is 0 Å². The second-order valence-electron chi connectivity index (χ2n) is 4.49. The Bertz CT molecular complexity index is 516. The Morgan fingerprint density at radius 2 is 2.11 bits per heavy atom. The third-order valence-corrected chi connectivity index (χ3v) is 2.96. The van der Waals surface area contributed by atoms with Crippen LogP contribution in [0.5, 0.6) is 0 Å². The smallest absolute Gasteiger partial charge is 0.140 e. The molecule has 0 saturated heterocycles. The molecule has 0 aliphatic carbocycles. The van der Waals surface area contributed by atoms with Gasteiger partial charge in [0.1, 0.15) is 11.6 Å². The number of hydrogen-bond acceptors (Lipinski definition) is 3. The summed E-state index contributed by atoms with van der Waals surface area (Å²) in [5.74, 6) is 2.04. The summed E-state index contributed by atoms with van der Waals surface area (Å²) in [5.41, 5.74) is 7.92. The first-order valence-electron chi connectivity index (χ1n) is 6.44. The van der Waals surface area contributed by atoms with Crippen LogP contribution in [0.4, 0.5) is 0 Å². The van der Waals surface area contributed by atoms with Crippen molar-refractivity contribution in [3.63, 3.8) is 0 Å². The van der Waals surface area contributed by atoms with Crippen LogP contribution in [-0.4, -0.2) is 21.1 Å². The van der Waals surface area contributed by atoms with Gasteiger partial charge in [-0.25, -0.2) is 9.97 Å². The van der Waals surface area contributed by atoms with Gasteiger partial charge in [-0.2, -0.15) is 0 Å². The third kappa shape index (κ3) is 2.59. The summed E-state index contributed by atoms with van der Waals surface area (Å²) in [6.07, 6.45) is 8.65. The van der Waals surface area contributed by atoms with Crippen molar-refractivity contribution in [3.8, 4) is 5.82 Å². The van der Waals surface area contributed by atoms with E-state index in [-0.39, 0.29) is 0 Å². The van der Waals surface area contributed by atoms with Gasteiger partial charge in [0.25, 0.3) is 0 Å². The molecule has 0 aromatic carbocycles. The molecule has 0 radical (unpaired) electrons. The van der Waals surface area contributed by atoms with Crippen molar-refractivity contribution in [2.75, 3.05) is 6.54 Å². The standard InChI is InChI=1S/C14H20N4/c1-3-4-13-16-7-8-18(13)14-11(2)9-12(5-6-15)10-17-14/h7-10H,3-6,15H2,1-2H3. The molecule has 0 unspecified atom stereocenters. The van der Waals surface area contributed by atoms with Gasteiger partial charge in [0, 0.05) is 25.0 Å². The van der Waals surface area contributed by atoms with Crippen molar-refractivity contribution in [1.29, 1.82) is 0 Å². The van der Waals surface area contributed by atoms with Crippen molar-refractivity contribution in [1.82, 2.24) is 14.5 Å². The normalized spacial score (nSPS) is 10.8. The van der Waals surface area contributed by atoms with Gasteiger partial charge in [-0.3, -0.25) is 4.57 Å². The lowest BCUT2D eigenvalue weighted by Crippen LogP contribution is -2.07. The predicted octanol–water partition coefficient (Wildman–Crippen LogP) is 2.03. The summed E-state index contributed by atoms with van der Waals surface area (Å²) in [6, 6.07) is 2.16. The number of nitrogens with zero attached hydrogens (tertiary/aromatic N) is 3. The number of aromatic nitrogens is 3. The SMILES string of the molecule is CCCc1nccn1-c1ncc(CCN)cc1C. The van der Waals surface area contributed by atoms with E-state index in [2.05, 4.69) is 34.4 Å². The molecule has 0 saturated carbocycles. The second-order valence-corrected chi connectivity index (χ2v) is 4.49. The lowest BCUT2D eigenvalue weighted by atomic mass is 10.1. The molecule has 0 amide bonds. The zero-order valence-corrected chi connectivity index (χ0v) is 11.1. The van der Waals surface area contributed by atoms with E-state index in [0.717, 1.165) is 36.5 Å². The predicted molar refractivity (Wildman–Crippen MR) is 72.8 cm³/mol. The van der Waals surface area contributed by atoms with Gasteiger partial charge in [0.05, 0.1) is 0 Å².